The summed E-state index contributed by atoms with van der Waals surface area (Å²) in [7, 11) is 0. The van der Waals surface area contributed by atoms with Crippen LogP contribution in [-0.2, 0) is 9.59 Å². The molecule has 0 bridgehead atoms. The Morgan fingerprint density at radius 1 is 1.26 bits per heavy atom. The van der Waals surface area contributed by atoms with Crippen LogP contribution in [0.2, 0.25) is 0 Å². The van der Waals surface area contributed by atoms with Gasteiger partial charge in [0.1, 0.15) is 0 Å². The minimum absolute atomic E-state index is 0.0281. The fraction of sp³-hybridized carbons (Fsp3) is 0.429. The molecule has 1 aromatic carbocycles. The number of thioether (sulfide) groups is 1. The molecule has 0 aliphatic rings. The molecule has 2 amide bonds. The average molecular weight is 280 g/mol. The van der Waals surface area contributed by atoms with Crippen LogP contribution in [0.1, 0.15) is 27.2 Å². The zero-order chi connectivity index (χ0) is 14.5. The van der Waals surface area contributed by atoms with Crippen molar-refractivity contribution in [1.29, 1.82) is 0 Å². The predicted molar refractivity (Wildman–Crippen MR) is 79.1 cm³/mol. The minimum atomic E-state index is -0.374. The van der Waals surface area contributed by atoms with Crippen LogP contribution < -0.4 is 11.1 Å². The summed E-state index contributed by atoms with van der Waals surface area (Å²) >= 11 is 1.33. The highest BCUT2D eigenvalue weighted by atomic mass is 32.2. The number of nitrogens with one attached hydrogen (secondary N) is 1. The maximum atomic E-state index is 11.9. The third-order valence-electron chi connectivity index (χ3n) is 2.22. The first kappa shape index (κ1) is 15.6. The molecule has 0 radical (unpaired) electrons. The number of carbonyl (C=O) groups excluding carboxylic acids is 2. The van der Waals surface area contributed by atoms with Gasteiger partial charge in [-0.3, -0.25) is 9.59 Å². The highest BCUT2D eigenvalue weighted by Gasteiger charge is 2.16. The van der Waals surface area contributed by atoms with Gasteiger partial charge in [0.05, 0.1) is 11.4 Å². The summed E-state index contributed by atoms with van der Waals surface area (Å²) < 4.78 is 0. The Labute approximate surface area is 118 Å². The highest BCUT2D eigenvalue weighted by molar-refractivity contribution is 8.00. The molecule has 0 fully saturated rings. The average Bonchev–Trinajstić information content (AvgIpc) is 2.25. The molecule has 0 aromatic heterocycles. The van der Waals surface area contributed by atoms with E-state index in [0.29, 0.717) is 6.42 Å². The van der Waals surface area contributed by atoms with Crippen molar-refractivity contribution in [2.45, 2.75) is 32.1 Å². The number of rotatable bonds is 5. The Kier molecular flexibility index (Phi) is 5.42. The van der Waals surface area contributed by atoms with Gasteiger partial charge in [-0.15, -0.1) is 11.8 Å². The highest BCUT2D eigenvalue weighted by Crippen LogP contribution is 2.27. The van der Waals surface area contributed by atoms with Crippen LogP contribution >= 0.6 is 11.8 Å². The summed E-state index contributed by atoms with van der Waals surface area (Å²) in [5, 5.41) is 2.88. The van der Waals surface area contributed by atoms with Crippen molar-refractivity contribution in [2.75, 3.05) is 11.1 Å². The largest absolute Gasteiger partial charge is 0.369 e. The van der Waals surface area contributed by atoms with E-state index in [1.54, 1.807) is 0 Å². The lowest BCUT2D eigenvalue weighted by Gasteiger charge is -2.18. The first-order valence-electron chi connectivity index (χ1n) is 6.08. The minimum Gasteiger partial charge on any atom is -0.369 e. The van der Waals surface area contributed by atoms with Crippen molar-refractivity contribution in [2.24, 2.45) is 11.1 Å². The van der Waals surface area contributed by atoms with Crippen LogP contribution in [0.25, 0.3) is 0 Å². The quantitative estimate of drug-likeness (QED) is 0.814. The van der Waals surface area contributed by atoms with Crippen LogP contribution in [0.5, 0.6) is 0 Å². The van der Waals surface area contributed by atoms with Gasteiger partial charge in [-0.25, -0.2) is 0 Å². The van der Waals surface area contributed by atoms with Crippen molar-refractivity contribution in [1.82, 2.24) is 0 Å². The number of hydrogen-bond donors (Lipinski definition) is 2. The van der Waals surface area contributed by atoms with E-state index in [2.05, 4.69) is 5.32 Å². The number of carbonyl (C=O) groups is 2. The molecule has 0 spiro atoms. The molecule has 0 aliphatic carbocycles. The molecule has 0 unspecified atom stereocenters. The summed E-state index contributed by atoms with van der Waals surface area (Å²) in [6, 6.07) is 7.40. The Bertz CT molecular complexity index is 467. The number of anilines is 1. The smallest absolute Gasteiger partial charge is 0.227 e. The van der Waals surface area contributed by atoms with Crippen molar-refractivity contribution in [3.8, 4) is 0 Å². The summed E-state index contributed by atoms with van der Waals surface area (Å²) in [6.07, 6.45) is 0.446. The number of benzene rings is 1. The number of para-hydroxylation sites is 1. The van der Waals surface area contributed by atoms with Crippen LogP contribution in [-0.4, -0.2) is 17.6 Å². The Morgan fingerprint density at radius 3 is 2.47 bits per heavy atom. The van der Waals surface area contributed by atoms with Gasteiger partial charge in [-0.1, -0.05) is 32.9 Å². The molecule has 0 saturated heterocycles. The van der Waals surface area contributed by atoms with Gasteiger partial charge in [-0.2, -0.15) is 0 Å². The first-order chi connectivity index (χ1) is 8.78. The van der Waals surface area contributed by atoms with Crippen molar-refractivity contribution in [3.05, 3.63) is 24.3 Å². The predicted octanol–water partition coefficient (Wildman–Crippen LogP) is 2.64. The van der Waals surface area contributed by atoms with E-state index in [4.69, 9.17) is 5.73 Å². The van der Waals surface area contributed by atoms with Gasteiger partial charge in [0.15, 0.2) is 0 Å². The van der Waals surface area contributed by atoms with E-state index >= 15 is 0 Å². The van der Waals surface area contributed by atoms with Crippen LogP contribution in [0.15, 0.2) is 29.2 Å². The van der Waals surface area contributed by atoms with E-state index < -0.39 is 0 Å². The number of primary amides is 1. The molecule has 1 rings (SSSR count). The van der Waals surface area contributed by atoms with Gasteiger partial charge in [0, 0.05) is 11.3 Å². The standard InChI is InChI=1S/C14H20N2O2S/c1-14(2,3)8-13(18)16-10-6-4-5-7-11(10)19-9-12(15)17/h4-7H,8-9H2,1-3H3,(H2,15,17)(H,16,18). The van der Waals surface area contributed by atoms with Crippen LogP contribution in [0.3, 0.4) is 0 Å². The maximum Gasteiger partial charge on any atom is 0.227 e. The monoisotopic (exact) mass is 280 g/mol. The molecule has 19 heavy (non-hydrogen) atoms. The van der Waals surface area contributed by atoms with E-state index in [0.717, 1.165) is 10.6 Å². The van der Waals surface area contributed by atoms with Gasteiger partial charge >= 0.3 is 0 Å². The SMILES string of the molecule is CC(C)(C)CC(=O)Nc1ccccc1SCC(N)=O. The number of hydrogen-bond acceptors (Lipinski definition) is 3. The molecule has 4 nitrogen and oxygen atoms in total. The van der Waals surface area contributed by atoms with Crippen molar-refractivity contribution < 1.29 is 9.59 Å². The molecule has 0 atom stereocenters. The third-order valence-corrected chi connectivity index (χ3v) is 3.32. The third kappa shape index (κ3) is 6.29. The van der Waals surface area contributed by atoms with E-state index in [9.17, 15) is 9.59 Å². The summed E-state index contributed by atoms with van der Waals surface area (Å²) in [5.41, 5.74) is 5.80. The van der Waals surface area contributed by atoms with Gasteiger partial charge in [0.25, 0.3) is 0 Å². The Hall–Kier alpha value is -1.49. The first-order valence-corrected chi connectivity index (χ1v) is 7.06. The van der Waals surface area contributed by atoms with Crippen molar-refractivity contribution >= 4 is 29.3 Å². The zero-order valence-corrected chi connectivity index (χ0v) is 12.3. The molecular formula is C14H20N2O2S. The molecule has 0 aliphatic heterocycles. The fourth-order valence-corrected chi connectivity index (χ4v) is 2.27. The lowest BCUT2D eigenvalue weighted by Crippen LogP contribution is -2.20. The summed E-state index contributed by atoms with van der Waals surface area (Å²) in [6.45, 7) is 6.04. The normalized spacial score (nSPS) is 11.1. The van der Waals surface area contributed by atoms with Crippen molar-refractivity contribution in [3.63, 3.8) is 0 Å². The second kappa shape index (κ2) is 6.61. The topological polar surface area (TPSA) is 72.2 Å². The molecule has 5 heteroatoms. The Balaban J connectivity index is 2.72. The lowest BCUT2D eigenvalue weighted by molar-refractivity contribution is -0.118. The second-order valence-electron chi connectivity index (χ2n) is 5.54. The van der Waals surface area contributed by atoms with Crippen LogP contribution in [0, 0.1) is 5.41 Å². The van der Waals surface area contributed by atoms with Crippen LogP contribution in [0.4, 0.5) is 5.69 Å². The second-order valence-corrected chi connectivity index (χ2v) is 6.55. The van der Waals surface area contributed by atoms with E-state index in [-0.39, 0.29) is 23.0 Å². The van der Waals surface area contributed by atoms with Gasteiger partial charge in [0.2, 0.25) is 11.8 Å². The molecular weight excluding hydrogens is 260 g/mol. The summed E-state index contributed by atoms with van der Waals surface area (Å²) in [4.78, 5) is 23.6. The fourth-order valence-electron chi connectivity index (χ4n) is 1.52. The lowest BCUT2D eigenvalue weighted by atomic mass is 9.92. The molecule has 1 aromatic rings. The molecule has 0 heterocycles. The summed E-state index contributed by atoms with van der Waals surface area (Å²) in [5.74, 6) is -0.202. The zero-order valence-electron chi connectivity index (χ0n) is 11.5. The van der Waals surface area contributed by atoms with Gasteiger partial charge in [-0.05, 0) is 17.5 Å². The molecule has 104 valence electrons. The van der Waals surface area contributed by atoms with E-state index in [1.165, 1.54) is 11.8 Å². The number of amides is 2. The molecule has 3 N–H and O–H groups in total. The van der Waals surface area contributed by atoms with Gasteiger partial charge < -0.3 is 11.1 Å². The Morgan fingerprint density at radius 2 is 1.89 bits per heavy atom. The maximum absolute atomic E-state index is 11.9. The molecule has 0 saturated carbocycles. The number of nitrogens with two attached hydrogens (primary N) is 1. The van der Waals surface area contributed by atoms with E-state index in [1.807, 2.05) is 45.0 Å².